The summed E-state index contributed by atoms with van der Waals surface area (Å²) >= 11 is 0. The molecule has 0 fully saturated rings. The molecule has 0 aliphatic carbocycles. The third-order valence-electron chi connectivity index (χ3n) is 2.87. The Labute approximate surface area is 103 Å². The van der Waals surface area contributed by atoms with Gasteiger partial charge in [0, 0.05) is 28.9 Å². The van der Waals surface area contributed by atoms with E-state index in [4.69, 9.17) is 5.11 Å². The van der Waals surface area contributed by atoms with Crippen molar-refractivity contribution in [3.63, 3.8) is 0 Å². The highest BCUT2D eigenvalue weighted by Crippen LogP contribution is 2.23. The molecule has 3 aromatic rings. The largest absolute Gasteiger partial charge is 0.478 e. The molecule has 0 amide bonds. The van der Waals surface area contributed by atoms with Crippen LogP contribution in [0.25, 0.3) is 22.2 Å². The molecule has 0 spiro atoms. The van der Waals surface area contributed by atoms with Crippen LogP contribution in [0.15, 0.2) is 48.8 Å². The van der Waals surface area contributed by atoms with Gasteiger partial charge in [0.25, 0.3) is 0 Å². The van der Waals surface area contributed by atoms with Crippen LogP contribution >= 0.6 is 0 Å². The second-order valence-corrected chi connectivity index (χ2v) is 3.99. The number of pyridine rings is 1. The van der Waals surface area contributed by atoms with E-state index in [-0.39, 0.29) is 5.56 Å². The van der Waals surface area contributed by atoms with E-state index in [0.29, 0.717) is 5.39 Å². The van der Waals surface area contributed by atoms with E-state index in [9.17, 15) is 4.79 Å². The molecule has 0 aliphatic rings. The van der Waals surface area contributed by atoms with Crippen molar-refractivity contribution in [2.45, 2.75) is 0 Å². The molecule has 1 aromatic carbocycles. The first-order chi connectivity index (χ1) is 8.75. The number of hydrogen-bond donors (Lipinski definition) is 2. The predicted octanol–water partition coefficient (Wildman–Crippen LogP) is 2.93. The van der Waals surface area contributed by atoms with Crippen molar-refractivity contribution < 1.29 is 9.90 Å². The number of benzene rings is 1. The summed E-state index contributed by atoms with van der Waals surface area (Å²) in [5, 5.41) is 9.64. The molecule has 0 unspecified atom stereocenters. The number of H-pyrrole nitrogens is 1. The molecule has 0 saturated carbocycles. The summed E-state index contributed by atoms with van der Waals surface area (Å²) in [5.41, 5.74) is 2.85. The maximum atomic E-state index is 11.0. The van der Waals surface area contributed by atoms with Gasteiger partial charge >= 0.3 is 5.97 Å². The number of fused-ring (bicyclic) bond motifs is 1. The van der Waals surface area contributed by atoms with Gasteiger partial charge in [0.1, 0.15) is 0 Å². The van der Waals surface area contributed by atoms with Crippen LogP contribution in [0.4, 0.5) is 0 Å². The molecule has 18 heavy (non-hydrogen) atoms. The maximum Gasteiger partial charge on any atom is 0.337 e. The van der Waals surface area contributed by atoms with Crippen molar-refractivity contribution in [2.75, 3.05) is 0 Å². The van der Waals surface area contributed by atoms with Crippen molar-refractivity contribution in [3.05, 3.63) is 54.4 Å². The molecule has 3 rings (SSSR count). The Balaban J connectivity index is 2.16. The average Bonchev–Trinajstić information content (AvgIpc) is 2.82. The van der Waals surface area contributed by atoms with E-state index in [1.165, 1.54) is 6.20 Å². The third-order valence-corrected chi connectivity index (χ3v) is 2.87. The maximum absolute atomic E-state index is 11.0. The monoisotopic (exact) mass is 238 g/mol. The van der Waals surface area contributed by atoms with Crippen molar-refractivity contribution in [1.29, 1.82) is 0 Å². The Bertz CT molecular complexity index is 717. The quantitative estimate of drug-likeness (QED) is 0.721. The lowest BCUT2D eigenvalue weighted by Gasteiger charge is -2.00. The van der Waals surface area contributed by atoms with Gasteiger partial charge in [-0.2, -0.15) is 0 Å². The molecule has 88 valence electrons. The Morgan fingerprint density at radius 3 is 2.72 bits per heavy atom. The van der Waals surface area contributed by atoms with Crippen LogP contribution in [0.2, 0.25) is 0 Å². The highest BCUT2D eigenvalue weighted by atomic mass is 16.4. The Morgan fingerprint density at radius 2 is 2.00 bits per heavy atom. The topological polar surface area (TPSA) is 66.0 Å². The Kier molecular flexibility index (Phi) is 2.34. The number of aromatic carboxylic acids is 1. The SMILES string of the molecule is O=C(O)c1c[nH]c2cc(-c3ccccc3)ncc12. The number of carboxylic acids is 1. The van der Waals surface area contributed by atoms with Crippen LogP contribution in [0, 0.1) is 0 Å². The number of rotatable bonds is 2. The first kappa shape index (κ1) is 10.5. The number of nitrogens with one attached hydrogen (secondary N) is 1. The fraction of sp³-hybridized carbons (Fsp3) is 0. The molecule has 0 aliphatic heterocycles. The van der Waals surface area contributed by atoms with Crippen molar-refractivity contribution in [1.82, 2.24) is 9.97 Å². The molecule has 2 N–H and O–H groups in total. The van der Waals surface area contributed by atoms with Crippen LogP contribution in [0.1, 0.15) is 10.4 Å². The number of hydrogen-bond acceptors (Lipinski definition) is 2. The van der Waals surface area contributed by atoms with E-state index in [1.807, 2.05) is 36.4 Å². The van der Waals surface area contributed by atoms with Crippen molar-refractivity contribution >= 4 is 16.9 Å². The van der Waals surface area contributed by atoms with E-state index in [0.717, 1.165) is 16.8 Å². The van der Waals surface area contributed by atoms with Gasteiger partial charge < -0.3 is 10.1 Å². The summed E-state index contributed by atoms with van der Waals surface area (Å²) in [6.45, 7) is 0. The number of carboxylic acid groups (broad SMARTS) is 1. The molecule has 2 heterocycles. The minimum atomic E-state index is -0.949. The highest BCUT2D eigenvalue weighted by Gasteiger charge is 2.11. The minimum Gasteiger partial charge on any atom is -0.478 e. The van der Waals surface area contributed by atoms with Crippen LogP contribution in [-0.4, -0.2) is 21.0 Å². The van der Waals surface area contributed by atoms with Gasteiger partial charge in [-0.1, -0.05) is 30.3 Å². The van der Waals surface area contributed by atoms with Gasteiger partial charge in [-0.15, -0.1) is 0 Å². The predicted molar refractivity (Wildman–Crippen MR) is 68.5 cm³/mol. The van der Waals surface area contributed by atoms with E-state index in [1.54, 1.807) is 6.20 Å². The van der Waals surface area contributed by atoms with Gasteiger partial charge in [0.15, 0.2) is 0 Å². The molecule has 0 radical (unpaired) electrons. The Hall–Kier alpha value is -2.62. The van der Waals surface area contributed by atoms with Gasteiger partial charge in [-0.05, 0) is 6.07 Å². The summed E-state index contributed by atoms with van der Waals surface area (Å²) in [7, 11) is 0. The molecule has 0 saturated heterocycles. The van der Waals surface area contributed by atoms with Crippen LogP contribution < -0.4 is 0 Å². The lowest BCUT2D eigenvalue weighted by molar-refractivity contribution is 0.0699. The summed E-state index contributed by atoms with van der Waals surface area (Å²) in [6, 6.07) is 11.6. The summed E-state index contributed by atoms with van der Waals surface area (Å²) < 4.78 is 0. The average molecular weight is 238 g/mol. The van der Waals surface area contributed by atoms with Crippen LogP contribution in [0.3, 0.4) is 0 Å². The zero-order valence-electron chi connectivity index (χ0n) is 9.42. The third kappa shape index (κ3) is 1.64. The second kappa shape index (κ2) is 4.00. The highest BCUT2D eigenvalue weighted by molar-refractivity contribution is 6.03. The van der Waals surface area contributed by atoms with Gasteiger partial charge in [-0.25, -0.2) is 4.79 Å². The molecule has 0 atom stereocenters. The molecular weight excluding hydrogens is 228 g/mol. The van der Waals surface area contributed by atoms with Crippen molar-refractivity contribution in [2.24, 2.45) is 0 Å². The van der Waals surface area contributed by atoms with Crippen molar-refractivity contribution in [3.8, 4) is 11.3 Å². The van der Waals surface area contributed by atoms with Gasteiger partial charge in [0.05, 0.1) is 11.3 Å². The summed E-state index contributed by atoms with van der Waals surface area (Å²) in [4.78, 5) is 18.3. The minimum absolute atomic E-state index is 0.247. The number of carbonyl (C=O) groups is 1. The summed E-state index contributed by atoms with van der Waals surface area (Å²) in [6.07, 6.45) is 3.08. The zero-order chi connectivity index (χ0) is 12.5. The molecule has 2 aromatic heterocycles. The zero-order valence-corrected chi connectivity index (χ0v) is 9.42. The fourth-order valence-corrected chi connectivity index (χ4v) is 1.96. The van der Waals surface area contributed by atoms with Gasteiger partial charge in [-0.3, -0.25) is 4.98 Å². The van der Waals surface area contributed by atoms with E-state index < -0.39 is 5.97 Å². The lowest BCUT2D eigenvalue weighted by Crippen LogP contribution is -1.94. The molecular formula is C14H10N2O2. The summed E-state index contributed by atoms with van der Waals surface area (Å²) in [5.74, 6) is -0.949. The first-order valence-electron chi connectivity index (χ1n) is 5.51. The lowest BCUT2D eigenvalue weighted by atomic mass is 10.1. The molecule has 0 bridgehead atoms. The van der Waals surface area contributed by atoms with E-state index >= 15 is 0 Å². The first-order valence-corrected chi connectivity index (χ1v) is 5.51. The van der Waals surface area contributed by atoms with Gasteiger partial charge in [0.2, 0.25) is 0 Å². The fourth-order valence-electron chi connectivity index (χ4n) is 1.96. The number of aromatic amines is 1. The molecule has 4 heteroatoms. The smallest absolute Gasteiger partial charge is 0.337 e. The van der Waals surface area contributed by atoms with E-state index in [2.05, 4.69) is 9.97 Å². The second-order valence-electron chi connectivity index (χ2n) is 3.99. The normalized spacial score (nSPS) is 10.7. The van der Waals surface area contributed by atoms with Crippen LogP contribution in [0.5, 0.6) is 0 Å². The number of aromatic nitrogens is 2. The molecule has 4 nitrogen and oxygen atoms in total. The standard InChI is InChI=1S/C14H10N2O2/c17-14(18)11-8-16-13-6-12(15-7-10(11)13)9-4-2-1-3-5-9/h1-8,16H,(H,17,18). The van der Waals surface area contributed by atoms with Crippen LogP contribution in [-0.2, 0) is 0 Å². The number of nitrogens with zero attached hydrogens (tertiary/aromatic N) is 1. The Morgan fingerprint density at radius 1 is 1.22 bits per heavy atom.